The lowest BCUT2D eigenvalue weighted by Crippen LogP contribution is -2.25. The summed E-state index contributed by atoms with van der Waals surface area (Å²) in [6, 6.07) is 3.70. The fraction of sp³-hybridized carbons (Fsp3) is 0.467. The van der Waals surface area contributed by atoms with Crippen molar-refractivity contribution in [3.05, 3.63) is 28.1 Å². The zero-order valence-electron chi connectivity index (χ0n) is 11.4. The molecule has 0 N–H and O–H groups in total. The summed E-state index contributed by atoms with van der Waals surface area (Å²) in [4.78, 5) is 0. The molecule has 0 fully saturated rings. The van der Waals surface area contributed by atoms with Gasteiger partial charge in [0.1, 0.15) is 5.75 Å². The van der Waals surface area contributed by atoms with E-state index in [2.05, 4.69) is 13.5 Å². The Bertz CT molecular complexity index is 496. The van der Waals surface area contributed by atoms with E-state index in [0.29, 0.717) is 10.4 Å². The van der Waals surface area contributed by atoms with Crippen LogP contribution < -0.4 is 15.2 Å². The minimum absolute atomic E-state index is 0.181. The first kappa shape index (κ1) is 15.1. The van der Waals surface area contributed by atoms with E-state index in [0.717, 1.165) is 35.9 Å². The van der Waals surface area contributed by atoms with Gasteiger partial charge in [0.05, 0.1) is 7.11 Å². The smallest absolute Gasteiger partial charge is 0.164 e. The van der Waals surface area contributed by atoms with Gasteiger partial charge in [-0.25, -0.2) is 0 Å². The van der Waals surface area contributed by atoms with Crippen LogP contribution in [0, 0.1) is 0 Å². The number of thioether (sulfide) groups is 1. The van der Waals surface area contributed by atoms with Gasteiger partial charge in [-0.05, 0) is 42.0 Å². The number of hydrogen-bond donors (Lipinski definition) is 0. The molecule has 0 heterocycles. The molecule has 3 heteroatoms. The highest BCUT2D eigenvalue weighted by atomic mass is 32.2. The largest absolute Gasteiger partial charge is 0.496 e. The summed E-state index contributed by atoms with van der Waals surface area (Å²) in [7, 11) is 1.65. The van der Waals surface area contributed by atoms with E-state index in [-0.39, 0.29) is 5.16 Å². The molecule has 0 aliphatic rings. The van der Waals surface area contributed by atoms with Crippen LogP contribution in [0.1, 0.15) is 31.7 Å². The van der Waals surface area contributed by atoms with E-state index in [1.807, 2.05) is 12.1 Å². The summed E-state index contributed by atoms with van der Waals surface area (Å²) in [6.45, 7) is 6.05. The highest BCUT2D eigenvalue weighted by Gasteiger charge is 2.05. The Morgan fingerprint density at radius 2 is 2.11 bits per heavy atom. The van der Waals surface area contributed by atoms with Gasteiger partial charge in [-0.1, -0.05) is 38.1 Å². The Morgan fingerprint density at radius 1 is 1.39 bits per heavy atom. The third-order valence-electron chi connectivity index (χ3n) is 2.95. The maximum atomic E-state index is 13.7. The zero-order chi connectivity index (χ0) is 13.5. The summed E-state index contributed by atoms with van der Waals surface area (Å²) in [5, 5.41) is 1.09. The molecule has 1 aromatic rings. The Kier molecular flexibility index (Phi) is 6.27. The average molecular weight is 268 g/mol. The first-order valence-electron chi connectivity index (χ1n) is 6.23. The Balaban J connectivity index is 3.19. The van der Waals surface area contributed by atoms with Crippen molar-refractivity contribution < 1.29 is 9.13 Å². The molecule has 0 aromatic heterocycles. The predicted octanol–water partition coefficient (Wildman–Crippen LogP) is 3.24. The molecule has 0 spiro atoms. The van der Waals surface area contributed by atoms with Crippen molar-refractivity contribution in [2.24, 2.45) is 0 Å². The molecular formula is C15H21FOS. The number of aryl methyl sites for hydroxylation is 1. The van der Waals surface area contributed by atoms with E-state index < -0.39 is 0 Å². The van der Waals surface area contributed by atoms with Crippen molar-refractivity contribution in [3.63, 3.8) is 0 Å². The van der Waals surface area contributed by atoms with E-state index in [1.54, 1.807) is 13.4 Å². The maximum Gasteiger partial charge on any atom is 0.164 e. The van der Waals surface area contributed by atoms with Crippen LogP contribution in [0.4, 0.5) is 4.39 Å². The van der Waals surface area contributed by atoms with Gasteiger partial charge >= 0.3 is 0 Å². The fourth-order valence-electron chi connectivity index (χ4n) is 1.91. The van der Waals surface area contributed by atoms with Crippen LogP contribution >= 0.6 is 11.8 Å². The molecule has 1 nitrogen and oxygen atoms in total. The van der Waals surface area contributed by atoms with Gasteiger partial charge in [0.15, 0.2) is 5.16 Å². The number of methoxy groups -OCH3 is 1. The van der Waals surface area contributed by atoms with Gasteiger partial charge < -0.3 is 4.74 Å². The number of rotatable bonds is 6. The topological polar surface area (TPSA) is 9.23 Å². The standard InChI is InChI=1S/C15H21FOS/c1-5-6-7-8-12-10-13(15(16)18-4)11(2)9-14(12)17-3/h9-10H,2,5-8H2,1,3-4H3/b15-13+. The molecule has 0 saturated carbocycles. The van der Waals surface area contributed by atoms with Gasteiger partial charge in [0.25, 0.3) is 0 Å². The molecular weight excluding hydrogens is 247 g/mol. The van der Waals surface area contributed by atoms with Gasteiger partial charge in [-0.2, -0.15) is 4.39 Å². The van der Waals surface area contributed by atoms with Crippen LogP contribution in [0.5, 0.6) is 5.75 Å². The minimum Gasteiger partial charge on any atom is -0.496 e. The highest BCUT2D eigenvalue weighted by molar-refractivity contribution is 8.06. The Hall–Kier alpha value is -0.960. The van der Waals surface area contributed by atoms with E-state index in [1.165, 1.54) is 12.8 Å². The number of ether oxygens (including phenoxy) is 1. The van der Waals surface area contributed by atoms with Crippen molar-refractivity contribution >= 4 is 23.5 Å². The second kappa shape index (κ2) is 7.47. The molecule has 1 rings (SSSR count). The number of unbranched alkanes of at least 4 members (excludes halogenated alkanes) is 2. The fourth-order valence-corrected chi connectivity index (χ4v) is 2.32. The van der Waals surface area contributed by atoms with Crippen molar-refractivity contribution in [1.82, 2.24) is 0 Å². The summed E-state index contributed by atoms with van der Waals surface area (Å²) in [6.07, 6.45) is 6.11. The quantitative estimate of drug-likeness (QED) is 0.733. The molecule has 0 unspecified atom stereocenters. The van der Waals surface area contributed by atoms with Crippen molar-refractivity contribution in [1.29, 1.82) is 0 Å². The SMILES string of the molecule is C=c1cc(OC)c(CCCCC)c/c1=C(/F)SC. The first-order chi connectivity index (χ1) is 8.63. The predicted molar refractivity (Wildman–Crippen MR) is 79.0 cm³/mol. The Labute approximate surface area is 113 Å². The highest BCUT2D eigenvalue weighted by Crippen LogP contribution is 2.18. The van der Waals surface area contributed by atoms with Crippen LogP contribution in [0.2, 0.25) is 0 Å². The van der Waals surface area contributed by atoms with Crippen LogP contribution in [0.3, 0.4) is 0 Å². The van der Waals surface area contributed by atoms with Gasteiger partial charge in [-0.15, -0.1) is 0 Å². The average Bonchev–Trinajstić information content (AvgIpc) is 2.39. The first-order valence-corrected chi connectivity index (χ1v) is 7.46. The molecule has 0 amide bonds. The lowest BCUT2D eigenvalue weighted by Gasteiger charge is -2.09. The maximum absolute atomic E-state index is 13.7. The molecule has 18 heavy (non-hydrogen) atoms. The van der Waals surface area contributed by atoms with Crippen LogP contribution in [0.15, 0.2) is 12.1 Å². The van der Waals surface area contributed by atoms with Gasteiger partial charge in [-0.3, -0.25) is 0 Å². The molecule has 0 radical (unpaired) electrons. The Morgan fingerprint density at radius 3 is 2.67 bits per heavy atom. The van der Waals surface area contributed by atoms with Gasteiger partial charge in [0.2, 0.25) is 0 Å². The van der Waals surface area contributed by atoms with Crippen molar-refractivity contribution in [2.75, 3.05) is 13.4 Å². The van der Waals surface area contributed by atoms with Crippen LogP contribution in [-0.2, 0) is 6.42 Å². The summed E-state index contributed by atoms with van der Waals surface area (Å²) >= 11 is 1.11. The lowest BCUT2D eigenvalue weighted by atomic mass is 10.0. The summed E-state index contributed by atoms with van der Waals surface area (Å²) < 4.78 is 19.1. The molecule has 100 valence electrons. The zero-order valence-corrected chi connectivity index (χ0v) is 12.2. The second-order valence-electron chi connectivity index (χ2n) is 4.26. The van der Waals surface area contributed by atoms with Crippen molar-refractivity contribution in [3.8, 4) is 5.75 Å². The third kappa shape index (κ3) is 3.77. The van der Waals surface area contributed by atoms with Crippen molar-refractivity contribution in [2.45, 2.75) is 32.6 Å². The molecule has 0 atom stereocenters. The summed E-state index contributed by atoms with van der Waals surface area (Å²) in [5.41, 5.74) is 1.07. The number of halogens is 1. The normalized spacial score (nSPS) is 12.4. The minimum atomic E-state index is -0.181. The van der Waals surface area contributed by atoms with Crippen LogP contribution in [-0.4, -0.2) is 13.4 Å². The molecule has 0 aliphatic heterocycles. The van der Waals surface area contributed by atoms with Crippen LogP contribution in [0.25, 0.3) is 11.7 Å². The number of benzene rings is 1. The van der Waals surface area contributed by atoms with E-state index in [9.17, 15) is 4.39 Å². The van der Waals surface area contributed by atoms with E-state index >= 15 is 0 Å². The molecule has 0 saturated heterocycles. The molecule has 1 aromatic carbocycles. The monoisotopic (exact) mass is 268 g/mol. The van der Waals surface area contributed by atoms with E-state index in [4.69, 9.17) is 4.74 Å². The summed E-state index contributed by atoms with van der Waals surface area (Å²) in [5.74, 6) is 0.814. The second-order valence-corrected chi connectivity index (χ2v) is 5.02. The number of hydrogen-bond acceptors (Lipinski definition) is 2. The molecule has 0 bridgehead atoms. The lowest BCUT2D eigenvalue weighted by molar-refractivity contribution is 0.408. The van der Waals surface area contributed by atoms with Gasteiger partial charge in [0, 0.05) is 5.22 Å². The molecule has 0 aliphatic carbocycles. The third-order valence-corrected chi connectivity index (χ3v) is 3.53.